The molecule has 1 aromatic carbocycles. The van der Waals surface area contributed by atoms with E-state index in [-0.39, 0.29) is 31.5 Å². The third-order valence-corrected chi connectivity index (χ3v) is 4.35. The van der Waals surface area contributed by atoms with E-state index in [0.29, 0.717) is 13.0 Å². The summed E-state index contributed by atoms with van der Waals surface area (Å²) in [5, 5.41) is 0. The largest absolute Gasteiger partial charge is 0.469 e. The van der Waals surface area contributed by atoms with Crippen molar-refractivity contribution in [2.45, 2.75) is 38.0 Å². The molecule has 0 spiro atoms. The van der Waals surface area contributed by atoms with Gasteiger partial charge in [0.15, 0.2) is 0 Å². The van der Waals surface area contributed by atoms with Crippen LogP contribution < -0.4 is 5.73 Å². The highest BCUT2D eigenvalue weighted by Gasteiger charge is 2.34. The Morgan fingerprint density at radius 1 is 1.27 bits per heavy atom. The molecule has 0 saturated carbocycles. The van der Waals surface area contributed by atoms with Crippen LogP contribution in [0.2, 0.25) is 0 Å². The highest BCUT2D eigenvalue weighted by atomic mass is 16.6. The van der Waals surface area contributed by atoms with Crippen LogP contribution in [0.5, 0.6) is 0 Å². The Bertz CT molecular complexity index is 579. The minimum absolute atomic E-state index is 0.0526. The van der Waals surface area contributed by atoms with Crippen molar-refractivity contribution in [2.24, 2.45) is 11.7 Å². The normalized spacial score (nSPS) is 27.0. The Hall–Kier alpha value is -1.96. The number of hydrogen-bond acceptors (Lipinski definition) is 7. The fourth-order valence-electron chi connectivity index (χ4n) is 2.97. The molecule has 0 aromatic heterocycles. The van der Waals surface area contributed by atoms with Gasteiger partial charge in [0, 0.05) is 5.92 Å². The van der Waals surface area contributed by atoms with Crippen molar-refractivity contribution in [3.63, 3.8) is 0 Å². The van der Waals surface area contributed by atoms with E-state index in [0.717, 1.165) is 5.56 Å². The SMILES string of the molecule is COC(=O)CCO[C@@H]1[C@@H](Cc2ccccc2)COC[C@H](N)C(=O)O[C@H]1C. The zero-order chi connectivity index (χ0) is 18.9. The van der Waals surface area contributed by atoms with Gasteiger partial charge in [-0.15, -0.1) is 0 Å². The van der Waals surface area contributed by atoms with Gasteiger partial charge in [-0.25, -0.2) is 0 Å². The maximum absolute atomic E-state index is 12.0. The van der Waals surface area contributed by atoms with Crippen molar-refractivity contribution in [1.82, 2.24) is 0 Å². The quantitative estimate of drug-likeness (QED) is 0.754. The lowest BCUT2D eigenvalue weighted by Gasteiger charge is -2.30. The van der Waals surface area contributed by atoms with Crippen LogP contribution in [0.4, 0.5) is 0 Å². The first kappa shape index (κ1) is 20.4. The lowest BCUT2D eigenvalue weighted by atomic mass is 9.91. The zero-order valence-corrected chi connectivity index (χ0v) is 15.3. The summed E-state index contributed by atoms with van der Waals surface area (Å²) >= 11 is 0. The summed E-state index contributed by atoms with van der Waals surface area (Å²) < 4.78 is 21.7. The molecule has 1 aromatic rings. The highest BCUT2D eigenvalue weighted by molar-refractivity contribution is 5.75. The third-order valence-electron chi connectivity index (χ3n) is 4.35. The van der Waals surface area contributed by atoms with Crippen molar-refractivity contribution >= 4 is 11.9 Å². The van der Waals surface area contributed by atoms with Crippen molar-refractivity contribution in [3.05, 3.63) is 35.9 Å². The molecule has 7 heteroatoms. The van der Waals surface area contributed by atoms with E-state index in [9.17, 15) is 9.59 Å². The summed E-state index contributed by atoms with van der Waals surface area (Å²) in [5.74, 6) is -0.918. The van der Waals surface area contributed by atoms with E-state index < -0.39 is 24.2 Å². The van der Waals surface area contributed by atoms with Gasteiger partial charge >= 0.3 is 11.9 Å². The predicted molar refractivity (Wildman–Crippen MR) is 94.4 cm³/mol. The molecule has 0 amide bonds. The molecule has 0 aliphatic carbocycles. The Morgan fingerprint density at radius 3 is 2.69 bits per heavy atom. The Morgan fingerprint density at radius 2 is 2.00 bits per heavy atom. The molecule has 26 heavy (non-hydrogen) atoms. The number of benzene rings is 1. The smallest absolute Gasteiger partial charge is 0.325 e. The lowest BCUT2D eigenvalue weighted by molar-refractivity contribution is -0.161. The molecule has 144 valence electrons. The molecular formula is C19H27NO6. The summed E-state index contributed by atoms with van der Waals surface area (Å²) in [6.07, 6.45) is -0.108. The monoisotopic (exact) mass is 365 g/mol. The Labute approximate surface area is 153 Å². The molecule has 1 heterocycles. The molecular weight excluding hydrogens is 338 g/mol. The topological polar surface area (TPSA) is 97.1 Å². The van der Waals surface area contributed by atoms with Crippen LogP contribution in [0.1, 0.15) is 18.9 Å². The van der Waals surface area contributed by atoms with Gasteiger partial charge in [-0.2, -0.15) is 0 Å². The first-order chi connectivity index (χ1) is 12.5. The van der Waals surface area contributed by atoms with Crippen LogP contribution in [0, 0.1) is 5.92 Å². The molecule has 0 unspecified atom stereocenters. The predicted octanol–water partition coefficient (Wildman–Crippen LogP) is 1.08. The molecule has 0 bridgehead atoms. The minimum Gasteiger partial charge on any atom is -0.469 e. The van der Waals surface area contributed by atoms with Gasteiger partial charge in [0.25, 0.3) is 0 Å². The van der Waals surface area contributed by atoms with E-state index in [4.69, 9.17) is 19.9 Å². The number of rotatable bonds is 6. The van der Waals surface area contributed by atoms with E-state index in [2.05, 4.69) is 4.74 Å². The Kier molecular flexibility index (Phi) is 8.03. The van der Waals surface area contributed by atoms with Gasteiger partial charge in [0.05, 0.1) is 39.5 Å². The van der Waals surface area contributed by atoms with Gasteiger partial charge in [0.1, 0.15) is 12.1 Å². The number of ether oxygens (including phenoxy) is 4. The molecule has 2 rings (SSSR count). The third kappa shape index (κ3) is 6.09. The van der Waals surface area contributed by atoms with Gasteiger partial charge in [0.2, 0.25) is 0 Å². The highest BCUT2D eigenvalue weighted by Crippen LogP contribution is 2.22. The summed E-state index contributed by atoms with van der Waals surface area (Å²) in [5.41, 5.74) is 6.91. The number of esters is 2. The van der Waals surface area contributed by atoms with Crippen LogP contribution in [-0.4, -0.2) is 57.1 Å². The van der Waals surface area contributed by atoms with Crippen LogP contribution in [0.25, 0.3) is 0 Å². The van der Waals surface area contributed by atoms with Crippen LogP contribution >= 0.6 is 0 Å². The van der Waals surface area contributed by atoms with Gasteiger partial charge in [-0.3, -0.25) is 9.59 Å². The van der Waals surface area contributed by atoms with E-state index in [1.54, 1.807) is 6.92 Å². The van der Waals surface area contributed by atoms with E-state index >= 15 is 0 Å². The van der Waals surface area contributed by atoms with Gasteiger partial charge in [-0.05, 0) is 18.9 Å². The molecule has 1 fully saturated rings. The number of hydrogen-bond donors (Lipinski definition) is 1. The number of nitrogens with two attached hydrogens (primary N) is 1. The maximum Gasteiger partial charge on any atom is 0.325 e. The fraction of sp³-hybridized carbons (Fsp3) is 0.579. The summed E-state index contributed by atoms with van der Waals surface area (Å²) in [6.45, 7) is 2.44. The van der Waals surface area contributed by atoms with Gasteiger partial charge < -0.3 is 24.7 Å². The van der Waals surface area contributed by atoms with Crippen molar-refractivity contribution < 1.29 is 28.5 Å². The summed E-state index contributed by atoms with van der Waals surface area (Å²) in [6, 6.07) is 9.14. The van der Waals surface area contributed by atoms with Crippen molar-refractivity contribution in [2.75, 3.05) is 26.9 Å². The number of methoxy groups -OCH3 is 1. The fourth-order valence-corrected chi connectivity index (χ4v) is 2.97. The molecule has 1 saturated heterocycles. The van der Waals surface area contributed by atoms with E-state index in [1.165, 1.54) is 7.11 Å². The van der Waals surface area contributed by atoms with Gasteiger partial charge in [-0.1, -0.05) is 30.3 Å². The standard InChI is InChI=1S/C19H27NO6/c1-13-18(25-9-8-17(21)23-2)15(10-14-6-4-3-5-7-14)11-24-12-16(20)19(22)26-13/h3-7,13,15-16,18H,8-12,20H2,1-2H3/t13-,15-,16-,18-/m0/s1. The first-order valence-corrected chi connectivity index (χ1v) is 8.77. The lowest BCUT2D eigenvalue weighted by Crippen LogP contribution is -2.42. The number of cyclic esters (lactones) is 1. The molecule has 0 radical (unpaired) electrons. The molecule has 2 N–H and O–H groups in total. The Balaban J connectivity index is 2.13. The van der Waals surface area contributed by atoms with Crippen LogP contribution in [0.15, 0.2) is 30.3 Å². The molecule has 1 aliphatic heterocycles. The minimum atomic E-state index is -0.816. The number of carbonyl (C=O) groups excluding carboxylic acids is 2. The van der Waals surface area contributed by atoms with E-state index in [1.807, 2.05) is 30.3 Å². The van der Waals surface area contributed by atoms with Crippen LogP contribution in [0.3, 0.4) is 0 Å². The zero-order valence-electron chi connectivity index (χ0n) is 15.3. The number of carbonyl (C=O) groups is 2. The second-order valence-corrected chi connectivity index (χ2v) is 6.40. The molecule has 1 aliphatic rings. The second-order valence-electron chi connectivity index (χ2n) is 6.40. The average molecular weight is 365 g/mol. The van der Waals surface area contributed by atoms with Crippen LogP contribution in [-0.2, 0) is 35.0 Å². The summed E-state index contributed by atoms with van der Waals surface area (Å²) in [7, 11) is 1.33. The first-order valence-electron chi connectivity index (χ1n) is 8.77. The summed E-state index contributed by atoms with van der Waals surface area (Å²) in [4.78, 5) is 23.4. The maximum atomic E-state index is 12.0. The van der Waals surface area contributed by atoms with Crippen molar-refractivity contribution in [3.8, 4) is 0 Å². The van der Waals surface area contributed by atoms with Crippen molar-refractivity contribution in [1.29, 1.82) is 0 Å². The second kappa shape index (κ2) is 10.3. The molecule has 7 nitrogen and oxygen atoms in total. The average Bonchev–Trinajstić information content (AvgIpc) is 2.68. The molecule has 4 atom stereocenters.